The minimum Gasteiger partial charge on any atom is -0.378 e. The first-order valence-corrected chi connectivity index (χ1v) is 4.87. The molecule has 1 unspecified atom stereocenters. The molecule has 0 radical (unpaired) electrons. The van der Waals surface area contributed by atoms with Crippen LogP contribution in [0, 0.1) is 0 Å². The topological polar surface area (TPSA) is 75.5 Å². The lowest BCUT2D eigenvalue weighted by Crippen LogP contribution is -2.21. The Bertz CT molecular complexity index is 298. The van der Waals surface area contributed by atoms with Gasteiger partial charge in [0, 0.05) is 19.5 Å². The van der Waals surface area contributed by atoms with Gasteiger partial charge in [-0.2, -0.15) is 4.99 Å². The summed E-state index contributed by atoms with van der Waals surface area (Å²) >= 11 is 1.18. The maximum absolute atomic E-state index is 11.3. The Balaban J connectivity index is 1.89. The first-order valence-electron chi connectivity index (χ1n) is 3.99. The van der Waals surface area contributed by atoms with Crippen molar-refractivity contribution in [2.45, 2.75) is 11.7 Å². The van der Waals surface area contributed by atoms with E-state index in [2.05, 4.69) is 4.99 Å². The van der Waals surface area contributed by atoms with E-state index in [9.17, 15) is 9.59 Å². The molecular weight excluding hydrogens is 190 g/mol. The van der Waals surface area contributed by atoms with Crippen molar-refractivity contribution in [3.8, 4) is 0 Å². The maximum Gasteiger partial charge on any atom is 0.262 e. The van der Waals surface area contributed by atoms with Crippen molar-refractivity contribution >= 4 is 28.7 Å². The molecule has 2 heterocycles. The van der Waals surface area contributed by atoms with Gasteiger partial charge in [-0.1, -0.05) is 11.8 Å². The zero-order valence-electron chi connectivity index (χ0n) is 6.90. The molecule has 2 N–H and O–H groups in total. The third-order valence-corrected chi connectivity index (χ3v) is 2.90. The highest BCUT2D eigenvalue weighted by molar-refractivity contribution is 8.15. The number of rotatable bonds is 2. The number of amidine groups is 1. The van der Waals surface area contributed by atoms with E-state index in [1.54, 1.807) is 4.90 Å². The van der Waals surface area contributed by atoms with Gasteiger partial charge < -0.3 is 10.6 Å². The van der Waals surface area contributed by atoms with Crippen LogP contribution in [-0.2, 0) is 9.59 Å². The minimum absolute atomic E-state index is 0.0238. The SMILES string of the molecule is NC1=NC(=O)C(CC(=O)N2CC2)S1. The molecule has 0 aromatic heterocycles. The van der Waals surface area contributed by atoms with Crippen molar-refractivity contribution in [1.82, 2.24) is 4.90 Å². The second-order valence-electron chi connectivity index (χ2n) is 2.98. The number of hydrogen-bond donors (Lipinski definition) is 1. The van der Waals surface area contributed by atoms with E-state index >= 15 is 0 Å². The smallest absolute Gasteiger partial charge is 0.262 e. The van der Waals surface area contributed by atoms with Crippen LogP contribution < -0.4 is 5.73 Å². The standard InChI is InChI=1S/C7H9N3O2S/c8-7-9-6(12)4(13-7)3-5(11)10-1-2-10/h4H,1-3H2,(H2,8,9,12). The highest BCUT2D eigenvalue weighted by Gasteiger charge is 2.33. The number of thioether (sulfide) groups is 1. The average molecular weight is 199 g/mol. The van der Waals surface area contributed by atoms with Gasteiger partial charge in [-0.15, -0.1) is 0 Å². The Labute approximate surface area is 79.4 Å². The number of nitrogens with two attached hydrogens (primary N) is 1. The summed E-state index contributed by atoms with van der Waals surface area (Å²) in [6.07, 6.45) is 0.230. The van der Waals surface area contributed by atoms with Gasteiger partial charge in [0.2, 0.25) is 5.91 Å². The Hall–Kier alpha value is -1.04. The summed E-state index contributed by atoms with van der Waals surface area (Å²) in [5, 5.41) is -0.110. The van der Waals surface area contributed by atoms with Crippen molar-refractivity contribution in [2.75, 3.05) is 13.1 Å². The highest BCUT2D eigenvalue weighted by atomic mass is 32.2. The van der Waals surface area contributed by atoms with Crippen molar-refractivity contribution in [1.29, 1.82) is 0 Å². The van der Waals surface area contributed by atoms with Crippen molar-refractivity contribution in [3.63, 3.8) is 0 Å². The first-order chi connectivity index (χ1) is 6.16. The molecule has 0 bridgehead atoms. The van der Waals surface area contributed by atoms with E-state index < -0.39 is 0 Å². The molecule has 2 aliphatic heterocycles. The molecular formula is C7H9N3O2S. The lowest BCUT2D eigenvalue weighted by molar-refractivity contribution is -0.127. The highest BCUT2D eigenvalue weighted by Crippen LogP contribution is 2.24. The Morgan fingerprint density at radius 3 is 2.85 bits per heavy atom. The molecule has 2 rings (SSSR count). The molecule has 70 valence electrons. The molecule has 1 atom stereocenters. The maximum atomic E-state index is 11.3. The third-order valence-electron chi connectivity index (χ3n) is 1.92. The molecule has 5 nitrogen and oxygen atoms in total. The van der Waals surface area contributed by atoms with Gasteiger partial charge in [-0.25, -0.2) is 0 Å². The second-order valence-corrected chi connectivity index (χ2v) is 4.20. The third kappa shape index (κ3) is 1.82. The molecule has 2 aliphatic rings. The van der Waals surface area contributed by atoms with Crippen LogP contribution in [0.25, 0.3) is 0 Å². The summed E-state index contributed by atoms with van der Waals surface area (Å²) in [6, 6.07) is 0. The number of carbonyl (C=O) groups excluding carboxylic acids is 2. The number of hydrogen-bond acceptors (Lipinski definition) is 4. The minimum atomic E-state index is -0.381. The fraction of sp³-hybridized carbons (Fsp3) is 0.571. The van der Waals surface area contributed by atoms with E-state index in [0.29, 0.717) is 0 Å². The van der Waals surface area contributed by atoms with Gasteiger partial charge in [-0.3, -0.25) is 9.59 Å². The molecule has 2 amide bonds. The summed E-state index contributed by atoms with van der Waals surface area (Å²) in [4.78, 5) is 27.6. The molecule has 13 heavy (non-hydrogen) atoms. The summed E-state index contributed by atoms with van der Waals surface area (Å²) in [5.74, 6) is -0.256. The monoisotopic (exact) mass is 199 g/mol. The Morgan fingerprint density at radius 2 is 2.38 bits per heavy atom. The molecule has 1 fully saturated rings. The molecule has 0 aromatic carbocycles. The van der Waals surface area contributed by atoms with E-state index in [4.69, 9.17) is 5.73 Å². The van der Waals surface area contributed by atoms with Gasteiger partial charge >= 0.3 is 0 Å². The molecule has 0 spiro atoms. The number of carbonyl (C=O) groups is 2. The van der Waals surface area contributed by atoms with E-state index in [0.717, 1.165) is 13.1 Å². The van der Waals surface area contributed by atoms with E-state index in [-0.39, 0.29) is 28.7 Å². The lowest BCUT2D eigenvalue weighted by Gasteiger charge is -2.04. The average Bonchev–Trinajstić information content (AvgIpc) is 2.81. The van der Waals surface area contributed by atoms with E-state index in [1.807, 2.05) is 0 Å². The molecule has 0 aromatic rings. The molecule has 6 heteroatoms. The summed E-state index contributed by atoms with van der Waals surface area (Å²) in [7, 11) is 0. The quantitative estimate of drug-likeness (QED) is 0.589. The predicted molar refractivity (Wildman–Crippen MR) is 49.2 cm³/mol. The van der Waals surface area contributed by atoms with E-state index in [1.165, 1.54) is 11.8 Å². The Kier molecular flexibility index (Phi) is 1.99. The fourth-order valence-electron chi connectivity index (χ4n) is 1.12. The normalized spacial score (nSPS) is 26.2. The van der Waals surface area contributed by atoms with Gasteiger partial charge in [0.25, 0.3) is 5.91 Å². The number of amides is 2. The number of nitrogens with zero attached hydrogens (tertiary/aromatic N) is 2. The van der Waals surface area contributed by atoms with Crippen molar-refractivity contribution in [2.24, 2.45) is 10.7 Å². The van der Waals surface area contributed by atoms with Gasteiger partial charge in [0.05, 0.1) is 0 Å². The van der Waals surface area contributed by atoms with Crippen LogP contribution >= 0.6 is 11.8 Å². The van der Waals surface area contributed by atoms with Crippen LogP contribution in [-0.4, -0.2) is 40.2 Å². The van der Waals surface area contributed by atoms with Gasteiger partial charge in [-0.05, 0) is 0 Å². The second kappa shape index (κ2) is 3.02. The van der Waals surface area contributed by atoms with Crippen LogP contribution in [0.15, 0.2) is 4.99 Å². The van der Waals surface area contributed by atoms with Crippen LogP contribution in [0.2, 0.25) is 0 Å². The van der Waals surface area contributed by atoms with Crippen molar-refractivity contribution < 1.29 is 9.59 Å². The van der Waals surface area contributed by atoms with Crippen LogP contribution in [0.1, 0.15) is 6.42 Å². The zero-order valence-corrected chi connectivity index (χ0v) is 7.71. The summed E-state index contributed by atoms with van der Waals surface area (Å²) in [6.45, 7) is 1.64. The Morgan fingerprint density at radius 1 is 1.69 bits per heavy atom. The predicted octanol–water partition coefficient (Wildman–Crippen LogP) is -0.825. The van der Waals surface area contributed by atoms with Gasteiger partial charge in [0.1, 0.15) is 5.25 Å². The largest absolute Gasteiger partial charge is 0.378 e. The van der Waals surface area contributed by atoms with Crippen LogP contribution in [0.5, 0.6) is 0 Å². The summed E-state index contributed by atoms with van der Waals surface area (Å²) < 4.78 is 0. The van der Waals surface area contributed by atoms with Crippen LogP contribution in [0.3, 0.4) is 0 Å². The first kappa shape index (κ1) is 8.55. The molecule has 0 aliphatic carbocycles. The zero-order chi connectivity index (χ0) is 9.42. The summed E-state index contributed by atoms with van der Waals surface area (Å²) in [5.41, 5.74) is 5.35. The lowest BCUT2D eigenvalue weighted by atomic mass is 10.3. The molecule has 1 saturated heterocycles. The molecule has 0 saturated carbocycles. The number of aliphatic imine (C=N–C) groups is 1. The van der Waals surface area contributed by atoms with Crippen LogP contribution in [0.4, 0.5) is 0 Å². The van der Waals surface area contributed by atoms with Gasteiger partial charge in [0.15, 0.2) is 5.17 Å². The van der Waals surface area contributed by atoms with Crippen molar-refractivity contribution in [3.05, 3.63) is 0 Å². The fourth-order valence-corrected chi connectivity index (χ4v) is 1.93.